The number of alkyl halides is 3. The van der Waals surface area contributed by atoms with E-state index < -0.39 is 12.7 Å². The van der Waals surface area contributed by atoms with Crippen LogP contribution < -0.4 is 5.48 Å². The van der Waals surface area contributed by atoms with Crippen LogP contribution in [0.4, 0.5) is 13.2 Å². The molecule has 5 rings (SSSR count). The normalized spacial score (nSPS) is 18.3. The number of carbonyl (C=O) groups excluding carboxylic acids is 1. The molecule has 0 aliphatic carbocycles. The summed E-state index contributed by atoms with van der Waals surface area (Å²) in [7, 11) is 0. The fraction of sp³-hybridized carbons (Fsp3) is 0.333. The van der Waals surface area contributed by atoms with Crippen molar-refractivity contribution in [2.45, 2.75) is 25.6 Å². The first-order valence-corrected chi connectivity index (χ1v) is 10.2. The second-order valence-electron chi connectivity index (χ2n) is 7.61. The molecule has 1 aliphatic heterocycles. The van der Waals surface area contributed by atoms with E-state index in [1.165, 1.54) is 12.3 Å². The number of halogens is 3. The first kappa shape index (κ1) is 20.6. The molecule has 32 heavy (non-hydrogen) atoms. The molecule has 1 saturated heterocycles. The predicted molar refractivity (Wildman–Crippen MR) is 110 cm³/mol. The maximum Gasteiger partial charge on any atom is 0.289 e. The monoisotopic (exact) mass is 444 g/mol. The Bertz CT molecular complexity index is 1280. The Hall–Kier alpha value is -3.31. The van der Waals surface area contributed by atoms with E-state index in [2.05, 4.69) is 25.5 Å². The molecule has 166 valence electrons. The molecule has 2 N–H and O–H groups in total. The van der Waals surface area contributed by atoms with E-state index >= 15 is 0 Å². The van der Waals surface area contributed by atoms with Gasteiger partial charge in [0.2, 0.25) is 0 Å². The third-order valence-electron chi connectivity index (χ3n) is 5.63. The van der Waals surface area contributed by atoms with Crippen molar-refractivity contribution in [3.05, 3.63) is 42.6 Å². The highest BCUT2D eigenvalue weighted by Gasteiger charge is 2.29. The zero-order valence-corrected chi connectivity index (χ0v) is 16.8. The number of nitrogens with zero attached hydrogens (tertiary/aromatic N) is 4. The summed E-state index contributed by atoms with van der Waals surface area (Å²) in [6.07, 6.45) is 1.60. The van der Waals surface area contributed by atoms with Gasteiger partial charge < -0.3 is 9.82 Å². The molecular weight excluding hydrogens is 425 g/mol. The number of ketones is 1. The van der Waals surface area contributed by atoms with Crippen LogP contribution in [-0.2, 0) is 4.84 Å². The molecule has 1 aliphatic rings. The van der Waals surface area contributed by atoms with Gasteiger partial charge in [0.05, 0.1) is 23.8 Å². The average molecular weight is 444 g/mol. The van der Waals surface area contributed by atoms with Gasteiger partial charge in [-0.1, -0.05) is 0 Å². The highest BCUT2D eigenvalue weighted by Crippen LogP contribution is 2.35. The summed E-state index contributed by atoms with van der Waals surface area (Å²) in [5.41, 5.74) is 4.49. The molecule has 0 aromatic carbocycles. The molecule has 0 saturated carbocycles. The number of aromatic nitrogens is 5. The Kier molecular flexibility index (Phi) is 5.35. The number of nitrogens with one attached hydrogen (secondary N) is 2. The van der Waals surface area contributed by atoms with Crippen LogP contribution >= 0.6 is 0 Å². The first-order valence-electron chi connectivity index (χ1n) is 10.2. The van der Waals surface area contributed by atoms with Gasteiger partial charge in [-0.25, -0.2) is 23.3 Å². The molecule has 2 atom stereocenters. The summed E-state index contributed by atoms with van der Waals surface area (Å²) in [5, 5.41) is 5.29. The fourth-order valence-electron chi connectivity index (χ4n) is 4.00. The van der Waals surface area contributed by atoms with Crippen LogP contribution in [0.15, 0.2) is 36.9 Å². The van der Waals surface area contributed by atoms with E-state index in [1.54, 1.807) is 24.7 Å². The number of aromatic amines is 1. The van der Waals surface area contributed by atoms with Gasteiger partial charge in [0.15, 0.2) is 5.78 Å². The van der Waals surface area contributed by atoms with Gasteiger partial charge in [-0.3, -0.25) is 14.8 Å². The average Bonchev–Trinajstić information content (AvgIpc) is 3.28. The second kappa shape index (κ2) is 8.32. The molecule has 2 unspecified atom stereocenters. The summed E-state index contributed by atoms with van der Waals surface area (Å²) < 4.78 is 41.7. The van der Waals surface area contributed by atoms with Crippen LogP contribution in [0.25, 0.3) is 33.1 Å². The lowest BCUT2D eigenvalue weighted by Gasteiger charge is -2.12. The number of hydrogen-bond donors (Lipinski definition) is 2. The second-order valence-corrected chi connectivity index (χ2v) is 7.61. The third kappa shape index (κ3) is 3.53. The first-order chi connectivity index (χ1) is 15.5. The zero-order chi connectivity index (χ0) is 22.2. The summed E-state index contributed by atoms with van der Waals surface area (Å²) in [5.74, 6) is -0.638. The van der Waals surface area contributed by atoms with E-state index in [9.17, 15) is 18.0 Å². The van der Waals surface area contributed by atoms with Crippen LogP contribution in [0.3, 0.4) is 0 Å². The molecule has 1 fully saturated rings. The molecule has 0 spiro atoms. The smallest absolute Gasteiger partial charge is 0.289 e. The van der Waals surface area contributed by atoms with E-state index in [0.29, 0.717) is 41.6 Å². The number of hydroxylamine groups is 1. The number of H-pyrrole nitrogens is 1. The SMILES string of the molecule is O=C(c1cc2c(cn1)c(-c1c[nH]c3cnccc13)nn2C(F)C(F)F)C1CCCONC1. The minimum absolute atomic E-state index is 0.0727. The number of hydrogen-bond acceptors (Lipinski definition) is 6. The molecule has 11 heteroatoms. The van der Waals surface area contributed by atoms with Crippen molar-refractivity contribution in [2.75, 3.05) is 13.2 Å². The Morgan fingerprint density at radius 3 is 2.97 bits per heavy atom. The van der Waals surface area contributed by atoms with Gasteiger partial charge in [0.25, 0.3) is 12.7 Å². The number of rotatable bonds is 5. The molecule has 4 aromatic rings. The van der Waals surface area contributed by atoms with Crippen LogP contribution in [0.1, 0.15) is 29.6 Å². The topological polar surface area (TPSA) is 97.7 Å². The Morgan fingerprint density at radius 1 is 1.25 bits per heavy atom. The van der Waals surface area contributed by atoms with E-state index in [-0.39, 0.29) is 28.6 Å². The minimum Gasteiger partial charge on any atom is -0.359 e. The molecule has 5 heterocycles. The predicted octanol–water partition coefficient (Wildman–Crippen LogP) is 3.82. The van der Waals surface area contributed by atoms with Crippen LogP contribution in [0, 0.1) is 5.92 Å². The molecule has 0 amide bonds. The lowest BCUT2D eigenvalue weighted by atomic mass is 9.96. The van der Waals surface area contributed by atoms with Crippen LogP contribution in [-0.4, -0.2) is 50.1 Å². The zero-order valence-electron chi connectivity index (χ0n) is 16.8. The summed E-state index contributed by atoms with van der Waals surface area (Å²) >= 11 is 0. The van der Waals surface area contributed by atoms with E-state index in [0.717, 1.165) is 10.9 Å². The number of fused-ring (bicyclic) bond motifs is 2. The van der Waals surface area contributed by atoms with E-state index in [4.69, 9.17) is 4.84 Å². The van der Waals surface area contributed by atoms with Gasteiger partial charge in [-0.15, -0.1) is 0 Å². The Labute approximate surface area is 179 Å². The summed E-state index contributed by atoms with van der Waals surface area (Å²) in [6, 6.07) is 3.09. The Morgan fingerprint density at radius 2 is 2.12 bits per heavy atom. The number of Topliss-reactive ketones (excluding diaryl/α,β-unsaturated/α-hetero) is 1. The fourth-order valence-corrected chi connectivity index (χ4v) is 4.00. The maximum atomic E-state index is 14.5. The van der Waals surface area contributed by atoms with Gasteiger partial charge in [-0.2, -0.15) is 5.10 Å². The number of carbonyl (C=O) groups is 1. The van der Waals surface area contributed by atoms with Crippen LogP contribution in [0.5, 0.6) is 0 Å². The highest BCUT2D eigenvalue weighted by molar-refractivity contribution is 6.05. The van der Waals surface area contributed by atoms with Crippen molar-refractivity contribution in [3.63, 3.8) is 0 Å². The van der Waals surface area contributed by atoms with Crippen molar-refractivity contribution >= 4 is 27.6 Å². The van der Waals surface area contributed by atoms with Gasteiger partial charge in [0, 0.05) is 47.4 Å². The summed E-state index contributed by atoms with van der Waals surface area (Å²) in [4.78, 5) is 29.5. The van der Waals surface area contributed by atoms with Crippen molar-refractivity contribution in [1.29, 1.82) is 0 Å². The van der Waals surface area contributed by atoms with Crippen molar-refractivity contribution in [3.8, 4) is 11.3 Å². The van der Waals surface area contributed by atoms with Crippen molar-refractivity contribution < 1.29 is 22.8 Å². The largest absolute Gasteiger partial charge is 0.359 e. The highest BCUT2D eigenvalue weighted by atomic mass is 19.3. The minimum atomic E-state index is -3.28. The molecular formula is C21H19F3N6O2. The lowest BCUT2D eigenvalue weighted by molar-refractivity contribution is 0.00357. The number of pyridine rings is 2. The van der Waals surface area contributed by atoms with Gasteiger partial charge in [0.1, 0.15) is 11.4 Å². The molecule has 8 nitrogen and oxygen atoms in total. The van der Waals surface area contributed by atoms with Crippen LogP contribution in [0.2, 0.25) is 0 Å². The quantitative estimate of drug-likeness (QED) is 0.454. The standard InChI is InChI=1S/C21H19F3N6O2/c22-20(23)21(24)30-17-6-15(19(31)11-2-1-5-32-28-7-11)26-9-14(17)18(29-30)13-8-27-16-10-25-4-3-12(13)16/h3-4,6,8-11,20-21,27-28H,1-2,5,7H2. The summed E-state index contributed by atoms with van der Waals surface area (Å²) in [6.45, 7) is 0.805. The van der Waals surface area contributed by atoms with Crippen molar-refractivity contribution in [1.82, 2.24) is 30.2 Å². The third-order valence-corrected chi connectivity index (χ3v) is 5.63. The maximum absolute atomic E-state index is 14.5. The van der Waals surface area contributed by atoms with Gasteiger partial charge >= 0.3 is 0 Å². The van der Waals surface area contributed by atoms with E-state index in [1.807, 2.05) is 0 Å². The molecule has 4 aromatic heterocycles. The molecule has 0 bridgehead atoms. The van der Waals surface area contributed by atoms with Gasteiger partial charge in [-0.05, 0) is 25.0 Å². The Balaban J connectivity index is 1.64. The molecule has 0 radical (unpaired) electrons. The lowest BCUT2D eigenvalue weighted by Crippen LogP contribution is -2.26. The van der Waals surface area contributed by atoms with Crippen molar-refractivity contribution in [2.24, 2.45) is 5.92 Å².